The lowest BCUT2D eigenvalue weighted by molar-refractivity contribution is -0.129. The smallest absolute Gasteiger partial charge is 0.240 e. The molecule has 1 saturated carbocycles. The molecule has 0 saturated heterocycles. The van der Waals surface area contributed by atoms with Crippen LogP contribution in [0.25, 0.3) is 0 Å². The number of hydrogen-bond acceptors (Lipinski definition) is 3. The third kappa shape index (κ3) is 5.31. The highest BCUT2D eigenvalue weighted by atomic mass is 16.2. The van der Waals surface area contributed by atoms with Crippen molar-refractivity contribution in [2.24, 2.45) is 29.4 Å². The van der Waals surface area contributed by atoms with Crippen LogP contribution < -0.4 is 16.0 Å². The number of benzene rings is 1. The van der Waals surface area contributed by atoms with Gasteiger partial charge in [-0.1, -0.05) is 45.4 Å². The lowest BCUT2D eigenvalue weighted by Gasteiger charge is -2.36. The average Bonchev–Trinajstić information content (AvgIpc) is 2.64. The fourth-order valence-corrected chi connectivity index (χ4v) is 4.04. The van der Waals surface area contributed by atoms with E-state index in [2.05, 4.69) is 26.1 Å². The molecule has 0 aromatic heterocycles. The second kappa shape index (κ2) is 9.72. The van der Waals surface area contributed by atoms with Crippen LogP contribution in [-0.4, -0.2) is 31.4 Å². The Morgan fingerprint density at radius 2 is 1.92 bits per heavy atom. The van der Waals surface area contributed by atoms with Crippen LogP contribution in [0.5, 0.6) is 0 Å². The molecule has 1 aromatic carbocycles. The normalized spacial score (nSPS) is 22.9. The molecule has 0 unspecified atom stereocenters. The Hall–Kier alpha value is -1.88. The lowest BCUT2D eigenvalue weighted by Crippen LogP contribution is -2.45. The Morgan fingerprint density at radius 3 is 2.54 bits per heavy atom. The van der Waals surface area contributed by atoms with Crippen molar-refractivity contribution < 1.29 is 9.59 Å². The maximum Gasteiger partial charge on any atom is 0.240 e. The molecule has 0 aliphatic heterocycles. The van der Waals surface area contributed by atoms with Gasteiger partial charge in [-0.3, -0.25) is 9.59 Å². The summed E-state index contributed by atoms with van der Waals surface area (Å²) in [5, 5.41) is 3.06. The van der Waals surface area contributed by atoms with E-state index < -0.39 is 0 Å². The van der Waals surface area contributed by atoms with Crippen molar-refractivity contribution in [3.63, 3.8) is 0 Å². The maximum absolute atomic E-state index is 12.8. The predicted molar refractivity (Wildman–Crippen MR) is 106 cm³/mol. The number of para-hydroxylation sites is 1. The van der Waals surface area contributed by atoms with Crippen molar-refractivity contribution >= 4 is 17.5 Å². The van der Waals surface area contributed by atoms with E-state index in [4.69, 9.17) is 5.73 Å². The van der Waals surface area contributed by atoms with Gasteiger partial charge in [0.05, 0.1) is 6.54 Å². The molecule has 0 spiro atoms. The minimum absolute atomic E-state index is 0.0433. The number of nitrogens with zero attached hydrogens (tertiary/aromatic N) is 1. The summed E-state index contributed by atoms with van der Waals surface area (Å²) in [6.07, 6.45) is 3.29. The number of nitrogens with two attached hydrogens (primary N) is 1. The molecule has 144 valence electrons. The Kier molecular flexibility index (Phi) is 7.64. The quantitative estimate of drug-likeness (QED) is 0.786. The first-order valence-corrected chi connectivity index (χ1v) is 9.77. The van der Waals surface area contributed by atoms with Crippen LogP contribution in [0.2, 0.25) is 0 Å². The highest BCUT2D eigenvalue weighted by molar-refractivity contribution is 5.94. The van der Waals surface area contributed by atoms with Gasteiger partial charge in [-0.25, -0.2) is 0 Å². The van der Waals surface area contributed by atoms with Gasteiger partial charge in [0.25, 0.3) is 0 Å². The van der Waals surface area contributed by atoms with Crippen molar-refractivity contribution in [1.82, 2.24) is 5.32 Å². The van der Waals surface area contributed by atoms with E-state index in [0.29, 0.717) is 30.8 Å². The van der Waals surface area contributed by atoms with E-state index in [1.807, 2.05) is 30.3 Å². The molecule has 3 N–H and O–H groups in total. The Labute approximate surface area is 157 Å². The van der Waals surface area contributed by atoms with E-state index in [1.165, 1.54) is 6.42 Å². The number of nitrogens with one attached hydrogen (secondary N) is 1. The Bertz CT molecular complexity index is 588. The lowest BCUT2D eigenvalue weighted by atomic mass is 9.70. The van der Waals surface area contributed by atoms with Gasteiger partial charge in [0.2, 0.25) is 11.8 Å². The number of anilines is 1. The van der Waals surface area contributed by atoms with Crippen molar-refractivity contribution in [3.05, 3.63) is 30.3 Å². The zero-order chi connectivity index (χ0) is 19.1. The molecule has 26 heavy (non-hydrogen) atoms. The van der Waals surface area contributed by atoms with Crippen molar-refractivity contribution in [3.8, 4) is 0 Å². The minimum Gasteiger partial charge on any atom is -0.354 e. The summed E-state index contributed by atoms with van der Waals surface area (Å²) in [5.41, 5.74) is 6.36. The second-order valence-electron chi connectivity index (χ2n) is 7.81. The molecule has 1 aliphatic carbocycles. The van der Waals surface area contributed by atoms with Crippen LogP contribution in [0.3, 0.4) is 0 Å². The molecular weight excluding hydrogens is 326 g/mol. The van der Waals surface area contributed by atoms with Crippen molar-refractivity contribution in [1.29, 1.82) is 0 Å². The van der Waals surface area contributed by atoms with Crippen LogP contribution in [0.1, 0.15) is 40.0 Å². The summed E-state index contributed by atoms with van der Waals surface area (Å²) in [5.74, 6) is 1.62. The molecule has 1 aromatic rings. The molecular formula is C21H33N3O2. The number of amides is 2. The minimum atomic E-state index is -0.142. The summed E-state index contributed by atoms with van der Waals surface area (Å²) in [6.45, 7) is 7.47. The molecule has 5 nitrogen and oxygen atoms in total. The van der Waals surface area contributed by atoms with Gasteiger partial charge in [0, 0.05) is 24.7 Å². The topological polar surface area (TPSA) is 75.4 Å². The second-order valence-corrected chi connectivity index (χ2v) is 7.81. The fraction of sp³-hybridized carbons (Fsp3) is 0.619. The SMILES string of the molecule is CC(C)[C@H]1CC[C@H](C)C[C@H]1C(=O)NCCN(C(=O)CN)c1ccccc1. The van der Waals surface area contributed by atoms with Crippen LogP contribution in [0, 0.1) is 23.7 Å². The molecule has 2 amide bonds. The zero-order valence-corrected chi connectivity index (χ0v) is 16.3. The van der Waals surface area contributed by atoms with Crippen LogP contribution in [-0.2, 0) is 9.59 Å². The van der Waals surface area contributed by atoms with E-state index >= 15 is 0 Å². The number of rotatable bonds is 7. The summed E-state index contributed by atoms with van der Waals surface area (Å²) in [6, 6.07) is 9.45. The monoisotopic (exact) mass is 359 g/mol. The molecule has 3 atom stereocenters. The molecule has 0 radical (unpaired) electrons. The third-order valence-electron chi connectivity index (χ3n) is 5.54. The molecule has 0 heterocycles. The Morgan fingerprint density at radius 1 is 1.23 bits per heavy atom. The van der Waals surface area contributed by atoms with E-state index in [0.717, 1.165) is 18.5 Å². The first-order chi connectivity index (χ1) is 12.4. The highest BCUT2D eigenvalue weighted by Gasteiger charge is 2.35. The van der Waals surface area contributed by atoms with Crippen molar-refractivity contribution in [2.75, 3.05) is 24.5 Å². The summed E-state index contributed by atoms with van der Waals surface area (Å²) < 4.78 is 0. The summed E-state index contributed by atoms with van der Waals surface area (Å²) >= 11 is 0. The Balaban J connectivity index is 1.95. The molecule has 5 heteroatoms. The van der Waals surface area contributed by atoms with Gasteiger partial charge in [0.1, 0.15) is 0 Å². The summed E-state index contributed by atoms with van der Waals surface area (Å²) in [7, 11) is 0. The van der Waals surface area contributed by atoms with Crippen LogP contribution >= 0.6 is 0 Å². The van der Waals surface area contributed by atoms with Gasteiger partial charge in [-0.2, -0.15) is 0 Å². The number of carbonyl (C=O) groups excluding carboxylic acids is 2. The van der Waals surface area contributed by atoms with E-state index in [9.17, 15) is 9.59 Å². The van der Waals surface area contributed by atoms with Crippen molar-refractivity contribution in [2.45, 2.75) is 40.0 Å². The standard InChI is InChI=1S/C21H33N3O2/c1-15(2)18-10-9-16(3)13-19(18)21(26)23-11-12-24(20(25)14-22)17-7-5-4-6-8-17/h4-8,15-16,18-19H,9-14,22H2,1-3H3,(H,23,26)/t16-,18+,19+/m0/s1. The van der Waals surface area contributed by atoms with Crippen LogP contribution in [0.15, 0.2) is 30.3 Å². The third-order valence-corrected chi connectivity index (χ3v) is 5.54. The van der Waals surface area contributed by atoms with Gasteiger partial charge < -0.3 is 16.0 Å². The van der Waals surface area contributed by atoms with E-state index in [1.54, 1.807) is 4.90 Å². The van der Waals surface area contributed by atoms with Gasteiger partial charge in [0.15, 0.2) is 0 Å². The fourth-order valence-electron chi connectivity index (χ4n) is 4.04. The number of hydrogen-bond donors (Lipinski definition) is 2. The zero-order valence-electron chi connectivity index (χ0n) is 16.3. The number of carbonyl (C=O) groups is 2. The maximum atomic E-state index is 12.8. The average molecular weight is 360 g/mol. The summed E-state index contributed by atoms with van der Waals surface area (Å²) in [4.78, 5) is 26.6. The largest absolute Gasteiger partial charge is 0.354 e. The first-order valence-electron chi connectivity index (χ1n) is 9.77. The molecule has 1 aliphatic rings. The predicted octanol–water partition coefficient (Wildman–Crippen LogP) is 2.80. The highest BCUT2D eigenvalue weighted by Crippen LogP contribution is 2.38. The van der Waals surface area contributed by atoms with Crippen LogP contribution in [0.4, 0.5) is 5.69 Å². The first kappa shape index (κ1) is 20.4. The van der Waals surface area contributed by atoms with Gasteiger partial charge in [-0.05, 0) is 42.7 Å². The molecule has 0 bridgehead atoms. The molecule has 1 fully saturated rings. The van der Waals surface area contributed by atoms with Gasteiger partial charge in [-0.15, -0.1) is 0 Å². The van der Waals surface area contributed by atoms with Gasteiger partial charge >= 0.3 is 0 Å². The van der Waals surface area contributed by atoms with E-state index in [-0.39, 0.29) is 24.3 Å². The molecule has 2 rings (SSSR count).